The van der Waals surface area contributed by atoms with Crippen molar-refractivity contribution in [2.45, 2.75) is 26.3 Å². The van der Waals surface area contributed by atoms with E-state index in [0.717, 1.165) is 0 Å². The lowest BCUT2D eigenvalue weighted by molar-refractivity contribution is -0.128. The van der Waals surface area contributed by atoms with Crippen LogP contribution >= 0.6 is 0 Å². The first-order chi connectivity index (χ1) is 7.38. The van der Waals surface area contributed by atoms with Gasteiger partial charge in [-0.1, -0.05) is 20.8 Å². The summed E-state index contributed by atoms with van der Waals surface area (Å²) >= 11 is 0. The van der Waals surface area contributed by atoms with Gasteiger partial charge in [-0.3, -0.25) is 4.79 Å². The van der Waals surface area contributed by atoms with Gasteiger partial charge in [-0.05, 0) is 0 Å². The van der Waals surface area contributed by atoms with Gasteiger partial charge in [-0.2, -0.15) is 13.2 Å². The van der Waals surface area contributed by atoms with E-state index < -0.39 is 27.5 Å². The second kappa shape index (κ2) is 5.21. The first-order valence-corrected chi connectivity index (χ1v) is 6.20. The van der Waals surface area contributed by atoms with Crippen LogP contribution in [0.15, 0.2) is 0 Å². The molecular formula is C8H15F3N2O3S. The van der Waals surface area contributed by atoms with Crippen molar-refractivity contribution in [2.75, 3.05) is 13.1 Å². The van der Waals surface area contributed by atoms with Crippen LogP contribution in [0.5, 0.6) is 0 Å². The fourth-order valence-electron chi connectivity index (χ4n) is 0.708. The topological polar surface area (TPSA) is 75.3 Å². The van der Waals surface area contributed by atoms with Crippen molar-refractivity contribution in [2.24, 2.45) is 5.41 Å². The van der Waals surface area contributed by atoms with Crippen LogP contribution in [0.2, 0.25) is 0 Å². The van der Waals surface area contributed by atoms with E-state index in [-0.39, 0.29) is 12.5 Å². The smallest absolute Gasteiger partial charge is 0.354 e. The molecule has 0 saturated heterocycles. The molecule has 0 aliphatic heterocycles. The van der Waals surface area contributed by atoms with Gasteiger partial charge in [0, 0.05) is 18.5 Å². The lowest BCUT2D eigenvalue weighted by atomic mass is 9.96. The number of nitrogens with one attached hydrogen (secondary N) is 2. The van der Waals surface area contributed by atoms with E-state index in [0.29, 0.717) is 0 Å². The highest BCUT2D eigenvalue weighted by Crippen LogP contribution is 2.21. The van der Waals surface area contributed by atoms with Crippen molar-refractivity contribution in [3.8, 4) is 0 Å². The minimum absolute atomic E-state index is 0.203. The Morgan fingerprint density at radius 2 is 1.59 bits per heavy atom. The first-order valence-electron chi connectivity index (χ1n) is 4.72. The summed E-state index contributed by atoms with van der Waals surface area (Å²) in [7, 11) is -5.33. The summed E-state index contributed by atoms with van der Waals surface area (Å²) in [5.74, 6) is -0.372. The highest BCUT2D eigenvalue weighted by molar-refractivity contribution is 7.90. The number of sulfonamides is 1. The van der Waals surface area contributed by atoms with Crippen molar-refractivity contribution in [3.05, 3.63) is 0 Å². The van der Waals surface area contributed by atoms with E-state index in [1.165, 1.54) is 4.72 Å². The van der Waals surface area contributed by atoms with Crippen LogP contribution in [-0.2, 0) is 14.8 Å². The quantitative estimate of drug-likeness (QED) is 0.738. The van der Waals surface area contributed by atoms with Crippen molar-refractivity contribution < 1.29 is 26.4 Å². The predicted molar refractivity (Wildman–Crippen MR) is 55.4 cm³/mol. The Labute approximate surface area is 97.8 Å². The number of halogens is 3. The third kappa shape index (κ3) is 5.35. The van der Waals surface area contributed by atoms with Crippen molar-refractivity contribution >= 4 is 15.9 Å². The number of amides is 1. The SMILES string of the molecule is CC(C)(C)C(=O)NCCNS(=O)(=O)C(F)(F)F. The molecule has 0 bridgehead atoms. The van der Waals surface area contributed by atoms with Crippen LogP contribution in [0.25, 0.3) is 0 Å². The number of alkyl halides is 3. The monoisotopic (exact) mass is 276 g/mol. The summed E-state index contributed by atoms with van der Waals surface area (Å²) in [4.78, 5) is 11.3. The molecule has 0 spiro atoms. The molecule has 17 heavy (non-hydrogen) atoms. The molecule has 2 N–H and O–H groups in total. The number of rotatable bonds is 4. The molecule has 9 heteroatoms. The van der Waals surface area contributed by atoms with Crippen molar-refractivity contribution in [3.63, 3.8) is 0 Å². The molecule has 5 nitrogen and oxygen atoms in total. The first kappa shape index (κ1) is 16.2. The summed E-state index contributed by atoms with van der Waals surface area (Å²) in [6.07, 6.45) is 0. The minimum atomic E-state index is -5.33. The van der Waals surface area contributed by atoms with Crippen molar-refractivity contribution in [1.82, 2.24) is 10.0 Å². The zero-order valence-electron chi connectivity index (χ0n) is 9.68. The van der Waals surface area contributed by atoms with Gasteiger partial charge in [0.25, 0.3) is 0 Å². The summed E-state index contributed by atoms with van der Waals surface area (Å²) < 4.78 is 58.0. The van der Waals surface area contributed by atoms with E-state index in [1.54, 1.807) is 20.8 Å². The third-order valence-electron chi connectivity index (χ3n) is 1.69. The largest absolute Gasteiger partial charge is 0.511 e. The van der Waals surface area contributed by atoms with Crippen LogP contribution in [0.1, 0.15) is 20.8 Å². The molecule has 0 unspecified atom stereocenters. The van der Waals surface area contributed by atoms with E-state index in [2.05, 4.69) is 5.32 Å². The Morgan fingerprint density at radius 3 is 1.94 bits per heavy atom. The van der Waals surface area contributed by atoms with Gasteiger partial charge < -0.3 is 5.32 Å². The predicted octanol–water partition coefficient (Wildman–Crippen LogP) is 0.588. The molecule has 0 atom stereocenters. The van der Waals surface area contributed by atoms with Gasteiger partial charge in [0.1, 0.15) is 0 Å². The molecule has 0 aromatic carbocycles. The minimum Gasteiger partial charge on any atom is -0.354 e. The average Bonchev–Trinajstić information content (AvgIpc) is 2.08. The van der Waals surface area contributed by atoms with Crippen molar-refractivity contribution in [1.29, 1.82) is 0 Å². The highest BCUT2D eigenvalue weighted by Gasteiger charge is 2.45. The Balaban J connectivity index is 4.09. The second-order valence-electron chi connectivity index (χ2n) is 4.35. The fraction of sp³-hybridized carbons (Fsp3) is 0.875. The van der Waals surface area contributed by atoms with E-state index in [1.807, 2.05) is 0 Å². The summed E-state index contributed by atoms with van der Waals surface area (Å²) in [6.45, 7) is 4.17. The number of hydrogen-bond acceptors (Lipinski definition) is 3. The maximum atomic E-state index is 11.9. The van der Waals surface area contributed by atoms with Gasteiger partial charge in [0.2, 0.25) is 5.91 Å². The Bertz CT molecular complexity index is 370. The fourth-order valence-corrected chi connectivity index (χ4v) is 1.24. The van der Waals surface area contributed by atoms with Crippen LogP contribution < -0.4 is 10.0 Å². The van der Waals surface area contributed by atoms with Gasteiger partial charge in [-0.15, -0.1) is 0 Å². The molecule has 0 saturated carbocycles. The van der Waals surface area contributed by atoms with E-state index >= 15 is 0 Å². The Hall–Kier alpha value is -0.830. The second-order valence-corrected chi connectivity index (χ2v) is 6.11. The Morgan fingerprint density at radius 1 is 1.12 bits per heavy atom. The molecule has 0 radical (unpaired) electrons. The zero-order valence-corrected chi connectivity index (χ0v) is 10.5. The highest BCUT2D eigenvalue weighted by atomic mass is 32.2. The normalized spacial score (nSPS) is 13.5. The van der Waals surface area contributed by atoms with E-state index in [4.69, 9.17) is 0 Å². The Kier molecular flexibility index (Phi) is 4.96. The molecule has 0 aromatic heterocycles. The van der Waals surface area contributed by atoms with Gasteiger partial charge in [0.05, 0.1) is 0 Å². The molecule has 0 heterocycles. The number of carbonyl (C=O) groups excluding carboxylic acids is 1. The molecule has 0 fully saturated rings. The molecule has 1 amide bonds. The lowest BCUT2D eigenvalue weighted by Crippen LogP contribution is -2.43. The van der Waals surface area contributed by atoms with Crippen LogP contribution in [0, 0.1) is 5.41 Å². The van der Waals surface area contributed by atoms with Gasteiger partial charge >= 0.3 is 15.5 Å². The summed E-state index contributed by atoms with van der Waals surface area (Å²) in [5, 5.41) is 2.31. The van der Waals surface area contributed by atoms with Crippen LogP contribution in [-0.4, -0.2) is 32.9 Å². The zero-order chi connectivity index (χ0) is 13.9. The molecule has 0 aliphatic rings. The average molecular weight is 276 g/mol. The molecule has 102 valence electrons. The maximum absolute atomic E-state index is 11.9. The van der Waals surface area contributed by atoms with E-state index in [9.17, 15) is 26.4 Å². The maximum Gasteiger partial charge on any atom is 0.511 e. The van der Waals surface area contributed by atoms with Gasteiger partial charge in [0.15, 0.2) is 0 Å². The summed E-state index contributed by atoms with van der Waals surface area (Å²) in [5.41, 5.74) is -6.01. The molecule has 0 rings (SSSR count). The van der Waals surface area contributed by atoms with Gasteiger partial charge in [-0.25, -0.2) is 13.1 Å². The third-order valence-corrected chi connectivity index (χ3v) is 2.88. The number of carbonyl (C=O) groups is 1. The number of hydrogen-bond donors (Lipinski definition) is 2. The van der Waals surface area contributed by atoms with Crippen LogP contribution in [0.3, 0.4) is 0 Å². The lowest BCUT2D eigenvalue weighted by Gasteiger charge is -2.17. The van der Waals surface area contributed by atoms with Crippen LogP contribution in [0.4, 0.5) is 13.2 Å². The standard InChI is InChI=1S/C8H15F3N2O3S/c1-7(2,3)6(14)12-4-5-13-17(15,16)8(9,10)11/h13H,4-5H2,1-3H3,(H,12,14). The molecule has 0 aromatic rings. The molecular weight excluding hydrogens is 261 g/mol. The molecule has 0 aliphatic carbocycles. The summed E-state index contributed by atoms with van der Waals surface area (Å²) in [6, 6.07) is 0.